The Hall–Kier alpha value is -0.300. The highest BCUT2D eigenvalue weighted by atomic mass is 127. The number of hydrogen-bond donors (Lipinski definition) is 1. The SMILES string of the molecule is COc1cc(I)c(Br)c(O)c1C=O. The summed E-state index contributed by atoms with van der Waals surface area (Å²) < 4.78 is 6.24. The van der Waals surface area contributed by atoms with E-state index in [2.05, 4.69) is 15.9 Å². The number of carbonyl (C=O) groups excluding carboxylic acids is 1. The van der Waals surface area contributed by atoms with Gasteiger partial charge in [-0.15, -0.1) is 0 Å². The third-order valence-corrected chi connectivity index (χ3v) is 3.93. The fourth-order valence-electron chi connectivity index (χ4n) is 0.887. The molecular formula is C8H6BrIO3. The summed E-state index contributed by atoms with van der Waals surface area (Å²) in [5.74, 6) is 0.291. The molecule has 1 rings (SSSR count). The first-order valence-corrected chi connectivity index (χ1v) is 5.19. The molecule has 0 bridgehead atoms. The van der Waals surface area contributed by atoms with Crippen LogP contribution in [0.5, 0.6) is 11.5 Å². The first-order chi connectivity index (χ1) is 6.11. The Morgan fingerprint density at radius 1 is 1.69 bits per heavy atom. The first kappa shape index (κ1) is 10.8. The lowest BCUT2D eigenvalue weighted by atomic mass is 10.2. The Morgan fingerprint density at radius 2 is 2.31 bits per heavy atom. The minimum Gasteiger partial charge on any atom is -0.506 e. The number of benzene rings is 1. The van der Waals surface area contributed by atoms with E-state index >= 15 is 0 Å². The van der Waals surface area contributed by atoms with Crippen LogP contribution in [-0.4, -0.2) is 18.5 Å². The average Bonchev–Trinajstić information content (AvgIpc) is 2.13. The van der Waals surface area contributed by atoms with Gasteiger partial charge in [-0.2, -0.15) is 0 Å². The third kappa shape index (κ3) is 1.96. The number of aldehydes is 1. The van der Waals surface area contributed by atoms with Gasteiger partial charge in [0.05, 0.1) is 17.1 Å². The van der Waals surface area contributed by atoms with E-state index in [9.17, 15) is 9.90 Å². The number of methoxy groups -OCH3 is 1. The molecule has 0 radical (unpaired) electrons. The number of rotatable bonds is 2. The van der Waals surface area contributed by atoms with Gasteiger partial charge >= 0.3 is 0 Å². The molecule has 0 aromatic heterocycles. The zero-order valence-corrected chi connectivity index (χ0v) is 10.4. The number of ether oxygens (including phenoxy) is 1. The fourth-order valence-corrected chi connectivity index (χ4v) is 1.75. The van der Waals surface area contributed by atoms with Crippen LogP contribution >= 0.6 is 38.5 Å². The van der Waals surface area contributed by atoms with Gasteiger partial charge in [-0.05, 0) is 44.6 Å². The number of phenols is 1. The molecule has 0 amide bonds. The van der Waals surface area contributed by atoms with E-state index in [-0.39, 0.29) is 11.3 Å². The summed E-state index contributed by atoms with van der Waals surface area (Å²) in [5.41, 5.74) is 0.162. The van der Waals surface area contributed by atoms with Crippen molar-refractivity contribution in [2.45, 2.75) is 0 Å². The lowest BCUT2D eigenvalue weighted by Gasteiger charge is -2.08. The molecule has 0 atom stereocenters. The zero-order valence-electron chi connectivity index (χ0n) is 6.67. The van der Waals surface area contributed by atoms with E-state index in [1.807, 2.05) is 22.6 Å². The smallest absolute Gasteiger partial charge is 0.157 e. The summed E-state index contributed by atoms with van der Waals surface area (Å²) in [5, 5.41) is 9.53. The molecule has 0 heterocycles. The van der Waals surface area contributed by atoms with E-state index in [0.717, 1.165) is 3.57 Å². The molecule has 0 unspecified atom stereocenters. The maximum atomic E-state index is 10.6. The van der Waals surface area contributed by atoms with Crippen molar-refractivity contribution in [3.63, 3.8) is 0 Å². The van der Waals surface area contributed by atoms with Crippen LogP contribution < -0.4 is 4.74 Å². The molecule has 1 aromatic rings. The van der Waals surface area contributed by atoms with Crippen molar-refractivity contribution in [1.29, 1.82) is 0 Å². The molecule has 0 saturated heterocycles. The second-order valence-electron chi connectivity index (χ2n) is 2.25. The van der Waals surface area contributed by atoms with Crippen molar-refractivity contribution in [3.05, 3.63) is 19.7 Å². The Labute approximate surface area is 97.4 Å². The Balaban J connectivity index is 3.47. The second-order valence-corrected chi connectivity index (χ2v) is 4.21. The van der Waals surface area contributed by atoms with E-state index in [0.29, 0.717) is 16.5 Å². The van der Waals surface area contributed by atoms with Crippen LogP contribution in [0.4, 0.5) is 0 Å². The molecule has 0 fully saturated rings. The van der Waals surface area contributed by atoms with Gasteiger partial charge in [0.1, 0.15) is 11.5 Å². The minimum absolute atomic E-state index is 0.0845. The van der Waals surface area contributed by atoms with Crippen molar-refractivity contribution < 1.29 is 14.6 Å². The van der Waals surface area contributed by atoms with Gasteiger partial charge in [0.25, 0.3) is 0 Å². The van der Waals surface area contributed by atoms with Crippen LogP contribution in [0, 0.1) is 3.57 Å². The highest BCUT2D eigenvalue weighted by Crippen LogP contribution is 2.37. The van der Waals surface area contributed by atoms with Crippen LogP contribution in [0.15, 0.2) is 10.5 Å². The van der Waals surface area contributed by atoms with Crippen LogP contribution in [0.25, 0.3) is 0 Å². The van der Waals surface area contributed by atoms with E-state index in [1.165, 1.54) is 7.11 Å². The Kier molecular flexibility index (Phi) is 3.55. The molecule has 0 spiro atoms. The maximum Gasteiger partial charge on any atom is 0.157 e. The molecule has 13 heavy (non-hydrogen) atoms. The normalized spacial score (nSPS) is 9.77. The molecule has 70 valence electrons. The quantitative estimate of drug-likeness (QED) is 0.654. The van der Waals surface area contributed by atoms with Crippen LogP contribution in [0.2, 0.25) is 0 Å². The van der Waals surface area contributed by atoms with E-state index < -0.39 is 0 Å². The molecule has 1 N–H and O–H groups in total. The number of carbonyl (C=O) groups is 1. The zero-order chi connectivity index (χ0) is 10.0. The minimum atomic E-state index is -0.0845. The topological polar surface area (TPSA) is 46.5 Å². The van der Waals surface area contributed by atoms with Crippen molar-refractivity contribution in [3.8, 4) is 11.5 Å². The number of aromatic hydroxyl groups is 1. The van der Waals surface area contributed by atoms with Crippen LogP contribution in [0.1, 0.15) is 10.4 Å². The molecule has 0 aliphatic heterocycles. The van der Waals surface area contributed by atoms with Gasteiger partial charge in [0.15, 0.2) is 6.29 Å². The predicted octanol–water partition coefficient (Wildman–Crippen LogP) is 2.58. The van der Waals surface area contributed by atoms with Crippen molar-refractivity contribution in [2.24, 2.45) is 0 Å². The van der Waals surface area contributed by atoms with Gasteiger partial charge in [0.2, 0.25) is 0 Å². The molecule has 0 saturated carbocycles. The highest BCUT2D eigenvalue weighted by Gasteiger charge is 2.14. The molecule has 0 aliphatic carbocycles. The fraction of sp³-hybridized carbons (Fsp3) is 0.125. The summed E-state index contributed by atoms with van der Waals surface area (Å²) in [6, 6.07) is 1.67. The van der Waals surface area contributed by atoms with Gasteiger partial charge in [-0.1, -0.05) is 0 Å². The van der Waals surface area contributed by atoms with Gasteiger partial charge in [-0.25, -0.2) is 0 Å². The van der Waals surface area contributed by atoms with Crippen LogP contribution in [0.3, 0.4) is 0 Å². The molecular weight excluding hydrogens is 351 g/mol. The summed E-state index contributed by atoms with van der Waals surface area (Å²) in [6.07, 6.45) is 0.564. The van der Waals surface area contributed by atoms with Crippen LogP contribution in [-0.2, 0) is 0 Å². The predicted molar refractivity (Wildman–Crippen MR) is 60.5 cm³/mol. The standard InChI is InChI=1S/C8H6BrIO3/c1-13-6-2-5(10)7(9)8(12)4(6)3-11/h2-3,12H,1H3. The monoisotopic (exact) mass is 356 g/mol. The Bertz CT molecular complexity index is 352. The lowest BCUT2D eigenvalue weighted by molar-refractivity contribution is 0.111. The van der Waals surface area contributed by atoms with E-state index in [1.54, 1.807) is 6.07 Å². The first-order valence-electron chi connectivity index (χ1n) is 3.32. The number of halogens is 2. The second kappa shape index (κ2) is 4.28. The average molecular weight is 357 g/mol. The largest absolute Gasteiger partial charge is 0.506 e. The van der Waals surface area contributed by atoms with Gasteiger partial charge in [-0.3, -0.25) is 4.79 Å². The maximum absolute atomic E-state index is 10.6. The molecule has 1 aromatic carbocycles. The summed E-state index contributed by atoms with van der Waals surface area (Å²) in [6.45, 7) is 0. The number of hydrogen-bond acceptors (Lipinski definition) is 3. The number of phenolic OH excluding ortho intramolecular Hbond substituents is 1. The van der Waals surface area contributed by atoms with Crippen molar-refractivity contribution >= 4 is 44.8 Å². The summed E-state index contributed by atoms with van der Waals surface area (Å²) in [7, 11) is 1.45. The molecule has 3 nitrogen and oxygen atoms in total. The lowest BCUT2D eigenvalue weighted by Crippen LogP contribution is -1.93. The van der Waals surface area contributed by atoms with Gasteiger partial charge < -0.3 is 9.84 Å². The molecule has 5 heteroatoms. The molecule has 0 aliphatic rings. The van der Waals surface area contributed by atoms with E-state index in [4.69, 9.17) is 4.74 Å². The van der Waals surface area contributed by atoms with Crippen molar-refractivity contribution in [2.75, 3.05) is 7.11 Å². The van der Waals surface area contributed by atoms with Crippen molar-refractivity contribution in [1.82, 2.24) is 0 Å². The Morgan fingerprint density at radius 3 is 2.77 bits per heavy atom. The van der Waals surface area contributed by atoms with Gasteiger partial charge in [0, 0.05) is 3.57 Å². The third-order valence-electron chi connectivity index (χ3n) is 1.53. The highest BCUT2D eigenvalue weighted by molar-refractivity contribution is 14.1. The summed E-state index contributed by atoms with van der Waals surface area (Å²) in [4.78, 5) is 10.6. The summed E-state index contributed by atoms with van der Waals surface area (Å²) >= 11 is 5.19.